The summed E-state index contributed by atoms with van der Waals surface area (Å²) in [6.07, 6.45) is 2.23. The van der Waals surface area contributed by atoms with Crippen LogP contribution in [-0.2, 0) is 11.8 Å². The van der Waals surface area contributed by atoms with Crippen LogP contribution >= 0.6 is 0 Å². The minimum atomic E-state index is 0.0392. The number of aryl methyl sites for hydroxylation is 1. The van der Waals surface area contributed by atoms with Crippen molar-refractivity contribution >= 4 is 16.9 Å². The smallest absolute Gasteiger partial charge is 0.234 e. The van der Waals surface area contributed by atoms with Gasteiger partial charge in [-0.05, 0) is 31.9 Å². The zero-order valence-corrected chi connectivity index (χ0v) is 11.9. The molecule has 106 valence electrons. The summed E-state index contributed by atoms with van der Waals surface area (Å²) in [5, 5.41) is 6.21. The highest BCUT2D eigenvalue weighted by molar-refractivity contribution is 5.79. The molecule has 3 rings (SSSR count). The second kappa shape index (κ2) is 5.25. The number of nitrogens with zero attached hydrogens (tertiary/aromatic N) is 2. The summed E-state index contributed by atoms with van der Waals surface area (Å²) in [6.45, 7) is 2.37. The second-order valence-electron chi connectivity index (χ2n) is 5.46. The van der Waals surface area contributed by atoms with Gasteiger partial charge in [0.2, 0.25) is 5.91 Å². The Balaban J connectivity index is 1.66. The number of rotatable bonds is 5. The van der Waals surface area contributed by atoms with Crippen LogP contribution in [0.5, 0.6) is 0 Å². The molecule has 0 spiro atoms. The van der Waals surface area contributed by atoms with Crippen LogP contribution < -0.4 is 10.6 Å². The van der Waals surface area contributed by atoms with Gasteiger partial charge in [-0.25, -0.2) is 4.98 Å². The van der Waals surface area contributed by atoms with Crippen molar-refractivity contribution in [2.75, 3.05) is 6.54 Å². The molecule has 1 unspecified atom stereocenters. The molecule has 1 saturated carbocycles. The number of nitrogens with one attached hydrogen (secondary N) is 2. The van der Waals surface area contributed by atoms with Gasteiger partial charge in [0.15, 0.2) is 0 Å². The van der Waals surface area contributed by atoms with Gasteiger partial charge in [0.1, 0.15) is 5.82 Å². The van der Waals surface area contributed by atoms with Gasteiger partial charge in [0, 0.05) is 13.1 Å². The van der Waals surface area contributed by atoms with Crippen molar-refractivity contribution in [3.63, 3.8) is 0 Å². The molecule has 0 saturated heterocycles. The molecule has 1 aliphatic carbocycles. The van der Waals surface area contributed by atoms with E-state index in [-0.39, 0.29) is 11.9 Å². The van der Waals surface area contributed by atoms with E-state index >= 15 is 0 Å². The van der Waals surface area contributed by atoms with Crippen LogP contribution in [0.4, 0.5) is 0 Å². The Morgan fingerprint density at radius 2 is 2.20 bits per heavy atom. The Hall–Kier alpha value is -1.88. The second-order valence-corrected chi connectivity index (χ2v) is 5.46. The molecule has 1 atom stereocenters. The molecule has 20 heavy (non-hydrogen) atoms. The van der Waals surface area contributed by atoms with E-state index < -0.39 is 0 Å². The summed E-state index contributed by atoms with van der Waals surface area (Å²) in [5.41, 5.74) is 2.10. The largest absolute Gasteiger partial charge is 0.352 e. The van der Waals surface area contributed by atoms with Gasteiger partial charge in [-0.2, -0.15) is 0 Å². The van der Waals surface area contributed by atoms with Crippen molar-refractivity contribution < 1.29 is 4.79 Å². The molecule has 5 heteroatoms. The molecule has 0 radical (unpaired) electrons. The quantitative estimate of drug-likeness (QED) is 0.867. The van der Waals surface area contributed by atoms with E-state index in [0.29, 0.717) is 12.6 Å². The van der Waals surface area contributed by atoms with Gasteiger partial charge in [-0.1, -0.05) is 12.1 Å². The van der Waals surface area contributed by atoms with Gasteiger partial charge in [-0.3, -0.25) is 10.1 Å². The lowest BCUT2D eigenvalue weighted by Crippen LogP contribution is -2.36. The lowest BCUT2D eigenvalue weighted by atomic mass is 10.3. The average Bonchev–Trinajstić information content (AvgIpc) is 3.19. The van der Waals surface area contributed by atoms with Crippen molar-refractivity contribution in [1.82, 2.24) is 20.2 Å². The Morgan fingerprint density at radius 3 is 2.90 bits per heavy atom. The highest BCUT2D eigenvalue weighted by Gasteiger charge is 2.23. The number of para-hydroxylation sites is 2. The third kappa shape index (κ3) is 2.67. The normalized spacial score (nSPS) is 16.3. The molecule has 5 nitrogen and oxygen atoms in total. The molecular weight excluding hydrogens is 252 g/mol. The number of carbonyl (C=O) groups is 1. The zero-order chi connectivity index (χ0) is 14.1. The van der Waals surface area contributed by atoms with Crippen LogP contribution in [0.2, 0.25) is 0 Å². The summed E-state index contributed by atoms with van der Waals surface area (Å²) in [4.78, 5) is 16.3. The first kappa shape index (κ1) is 13.1. The zero-order valence-electron chi connectivity index (χ0n) is 11.9. The van der Waals surface area contributed by atoms with Gasteiger partial charge in [0.05, 0.1) is 23.6 Å². The number of fused-ring (bicyclic) bond motifs is 1. The fraction of sp³-hybridized carbons (Fsp3) is 0.467. The van der Waals surface area contributed by atoms with Crippen LogP contribution in [0.3, 0.4) is 0 Å². The first-order chi connectivity index (χ1) is 9.65. The maximum atomic E-state index is 11.7. The molecule has 1 fully saturated rings. The number of imidazole rings is 1. The number of amides is 1. The van der Waals surface area contributed by atoms with E-state index in [1.807, 2.05) is 32.2 Å². The highest BCUT2D eigenvalue weighted by atomic mass is 16.2. The maximum Gasteiger partial charge on any atom is 0.234 e. The van der Waals surface area contributed by atoms with Crippen LogP contribution in [-0.4, -0.2) is 28.0 Å². The minimum Gasteiger partial charge on any atom is -0.352 e. The Bertz CT molecular complexity index is 630. The van der Waals surface area contributed by atoms with Gasteiger partial charge >= 0.3 is 0 Å². The molecule has 1 heterocycles. The predicted molar refractivity (Wildman–Crippen MR) is 78.3 cm³/mol. The summed E-state index contributed by atoms with van der Waals surface area (Å²) in [6, 6.07) is 8.51. The third-order valence-electron chi connectivity index (χ3n) is 3.72. The molecule has 0 aliphatic heterocycles. The van der Waals surface area contributed by atoms with Gasteiger partial charge in [-0.15, -0.1) is 0 Å². The molecule has 2 N–H and O–H groups in total. The topological polar surface area (TPSA) is 59.0 Å². The van der Waals surface area contributed by atoms with Crippen LogP contribution in [0.1, 0.15) is 31.6 Å². The van der Waals surface area contributed by atoms with E-state index in [2.05, 4.69) is 26.3 Å². The molecule has 1 aromatic heterocycles. The lowest BCUT2D eigenvalue weighted by Gasteiger charge is -2.13. The summed E-state index contributed by atoms with van der Waals surface area (Å²) in [5.74, 6) is 1.02. The molecule has 1 aliphatic rings. The molecule has 2 aromatic rings. The van der Waals surface area contributed by atoms with E-state index in [0.717, 1.165) is 29.7 Å². The van der Waals surface area contributed by atoms with Crippen molar-refractivity contribution in [3.05, 3.63) is 30.1 Å². The van der Waals surface area contributed by atoms with Crippen LogP contribution in [0.15, 0.2) is 24.3 Å². The van der Waals surface area contributed by atoms with Crippen molar-refractivity contribution in [2.24, 2.45) is 7.05 Å². The average molecular weight is 272 g/mol. The first-order valence-corrected chi connectivity index (χ1v) is 7.09. The molecular formula is C15H20N4O. The lowest BCUT2D eigenvalue weighted by molar-refractivity contribution is -0.120. The first-order valence-electron chi connectivity index (χ1n) is 7.09. The van der Waals surface area contributed by atoms with Crippen molar-refractivity contribution in [3.8, 4) is 0 Å². The van der Waals surface area contributed by atoms with Gasteiger partial charge in [0.25, 0.3) is 0 Å². The summed E-state index contributed by atoms with van der Waals surface area (Å²) < 4.78 is 2.08. The highest BCUT2D eigenvalue weighted by Crippen LogP contribution is 2.19. The predicted octanol–water partition coefficient (Wildman–Crippen LogP) is 1.50. The third-order valence-corrected chi connectivity index (χ3v) is 3.72. The van der Waals surface area contributed by atoms with Gasteiger partial charge < -0.3 is 9.88 Å². The Labute approximate surface area is 118 Å². The Morgan fingerprint density at radius 1 is 1.45 bits per heavy atom. The van der Waals surface area contributed by atoms with Crippen LogP contribution in [0.25, 0.3) is 11.0 Å². The SMILES string of the molecule is CC(NCC(=O)NC1CC1)c1nc2ccccc2n1C. The molecule has 0 bridgehead atoms. The van der Waals surface area contributed by atoms with Crippen LogP contribution in [0, 0.1) is 0 Å². The summed E-state index contributed by atoms with van der Waals surface area (Å²) in [7, 11) is 2.01. The summed E-state index contributed by atoms with van der Waals surface area (Å²) >= 11 is 0. The Kier molecular flexibility index (Phi) is 3.44. The fourth-order valence-corrected chi connectivity index (χ4v) is 2.39. The number of aromatic nitrogens is 2. The van der Waals surface area contributed by atoms with E-state index in [1.165, 1.54) is 0 Å². The standard InChI is InChI=1S/C15H20N4O/c1-10(16-9-14(20)17-11-7-8-11)15-18-12-5-3-4-6-13(12)19(15)2/h3-6,10-11,16H,7-9H2,1-2H3,(H,17,20). The maximum absolute atomic E-state index is 11.7. The molecule has 1 amide bonds. The fourth-order valence-electron chi connectivity index (χ4n) is 2.39. The molecule has 1 aromatic carbocycles. The van der Waals surface area contributed by atoms with E-state index in [1.54, 1.807) is 0 Å². The number of benzene rings is 1. The van der Waals surface area contributed by atoms with E-state index in [4.69, 9.17) is 0 Å². The monoisotopic (exact) mass is 272 g/mol. The number of hydrogen-bond acceptors (Lipinski definition) is 3. The van der Waals surface area contributed by atoms with E-state index in [9.17, 15) is 4.79 Å². The number of carbonyl (C=O) groups excluding carboxylic acids is 1. The van der Waals surface area contributed by atoms with Crippen molar-refractivity contribution in [2.45, 2.75) is 31.8 Å². The minimum absolute atomic E-state index is 0.0392. The van der Waals surface area contributed by atoms with Crippen molar-refractivity contribution in [1.29, 1.82) is 0 Å². The number of hydrogen-bond donors (Lipinski definition) is 2.